The number of hydrogen-bond acceptors (Lipinski definition) is 4. The molecule has 0 saturated carbocycles. The van der Waals surface area contributed by atoms with Gasteiger partial charge in [0.15, 0.2) is 0 Å². The van der Waals surface area contributed by atoms with Gasteiger partial charge in [-0.3, -0.25) is 0 Å². The quantitative estimate of drug-likeness (QED) is 0.435. The maximum absolute atomic E-state index is 10.8. The average Bonchev–Trinajstić information content (AvgIpc) is 2.47. The Hall–Kier alpha value is -1.97. The van der Waals surface area contributed by atoms with Gasteiger partial charge in [-0.05, 0) is 12.1 Å². The van der Waals surface area contributed by atoms with Gasteiger partial charge in [-0.15, -0.1) is 0 Å². The molecule has 4 nitrogen and oxygen atoms in total. The van der Waals surface area contributed by atoms with Gasteiger partial charge in [0.25, 0.3) is 0 Å². The zero-order valence-electron chi connectivity index (χ0n) is 6.65. The topological polar surface area (TPSA) is 60.4 Å². The van der Waals surface area contributed by atoms with Crippen molar-refractivity contribution in [2.45, 2.75) is 0 Å². The Balaban J connectivity index is 0.000000396. The maximum atomic E-state index is 10.8. The van der Waals surface area contributed by atoms with Crippen molar-refractivity contribution in [2.75, 3.05) is 0 Å². The summed E-state index contributed by atoms with van der Waals surface area (Å²) in [5.74, 6) is -1.10. The summed E-state index contributed by atoms with van der Waals surface area (Å²) in [5, 5.41) is 0. The molecule has 0 saturated heterocycles. The number of carbonyl (C=O) groups excluding carboxylic acids is 3. The van der Waals surface area contributed by atoms with Crippen LogP contribution in [0.5, 0.6) is 0 Å². The van der Waals surface area contributed by atoms with E-state index in [1.807, 2.05) is 6.79 Å². The molecule has 2 rings (SSSR count). The van der Waals surface area contributed by atoms with Gasteiger partial charge in [0.1, 0.15) is 6.79 Å². The fraction of sp³-hybridized carbons (Fsp3) is 0. The molecule has 1 aliphatic rings. The predicted octanol–water partition coefficient (Wildman–Crippen LogP) is 0.812. The first-order valence-corrected chi connectivity index (χ1v) is 3.43. The van der Waals surface area contributed by atoms with E-state index in [4.69, 9.17) is 4.79 Å². The standard InChI is InChI=1S/C8H4O3.CH2O/c9-7-5-3-1-2-4-6(5)8(10)11-7;1-2/h1-4H;1H2. The van der Waals surface area contributed by atoms with E-state index in [9.17, 15) is 9.59 Å². The fourth-order valence-corrected chi connectivity index (χ4v) is 1.03. The van der Waals surface area contributed by atoms with Crippen molar-refractivity contribution in [3.8, 4) is 0 Å². The van der Waals surface area contributed by atoms with Crippen molar-refractivity contribution in [3.63, 3.8) is 0 Å². The first-order valence-electron chi connectivity index (χ1n) is 3.43. The van der Waals surface area contributed by atoms with Gasteiger partial charge in [0.05, 0.1) is 11.1 Å². The summed E-state index contributed by atoms with van der Waals surface area (Å²) in [6.07, 6.45) is 0. The fourth-order valence-electron chi connectivity index (χ4n) is 1.03. The number of esters is 2. The summed E-state index contributed by atoms with van der Waals surface area (Å²) in [4.78, 5) is 29.7. The van der Waals surface area contributed by atoms with Gasteiger partial charge in [0, 0.05) is 0 Å². The Labute approximate surface area is 74.1 Å². The van der Waals surface area contributed by atoms with Crippen molar-refractivity contribution in [1.82, 2.24) is 0 Å². The van der Waals surface area contributed by atoms with E-state index >= 15 is 0 Å². The number of rotatable bonds is 0. The van der Waals surface area contributed by atoms with Crippen molar-refractivity contribution in [3.05, 3.63) is 35.4 Å². The van der Waals surface area contributed by atoms with Crippen molar-refractivity contribution < 1.29 is 19.1 Å². The zero-order chi connectivity index (χ0) is 9.84. The second-order valence-electron chi connectivity index (χ2n) is 2.22. The van der Waals surface area contributed by atoms with Crippen LogP contribution in [-0.4, -0.2) is 18.7 Å². The number of ether oxygens (including phenoxy) is 1. The van der Waals surface area contributed by atoms with Crippen LogP contribution in [0.4, 0.5) is 0 Å². The molecule has 0 amide bonds. The molecule has 0 radical (unpaired) electrons. The van der Waals surface area contributed by atoms with E-state index < -0.39 is 11.9 Å². The third kappa shape index (κ3) is 1.46. The molecule has 0 aliphatic carbocycles. The molecule has 0 aromatic heterocycles. The van der Waals surface area contributed by atoms with E-state index in [0.29, 0.717) is 11.1 Å². The van der Waals surface area contributed by atoms with E-state index in [2.05, 4.69) is 4.74 Å². The normalized spacial score (nSPS) is 12.6. The lowest BCUT2D eigenvalue weighted by Gasteiger charge is -1.86. The van der Waals surface area contributed by atoms with E-state index in [-0.39, 0.29) is 0 Å². The Bertz CT molecular complexity index is 323. The van der Waals surface area contributed by atoms with Gasteiger partial charge in [-0.1, -0.05) is 12.1 Å². The minimum absolute atomic E-state index is 0.359. The van der Waals surface area contributed by atoms with Gasteiger partial charge in [0.2, 0.25) is 0 Å². The highest BCUT2D eigenvalue weighted by atomic mass is 16.6. The van der Waals surface area contributed by atoms with E-state index in [1.54, 1.807) is 24.3 Å². The highest BCUT2D eigenvalue weighted by molar-refractivity contribution is 6.14. The third-order valence-electron chi connectivity index (χ3n) is 1.55. The van der Waals surface area contributed by atoms with Gasteiger partial charge < -0.3 is 9.53 Å². The molecular formula is C9H6O4. The average molecular weight is 178 g/mol. The minimum atomic E-state index is -0.550. The lowest BCUT2D eigenvalue weighted by atomic mass is 10.1. The van der Waals surface area contributed by atoms with Crippen molar-refractivity contribution in [1.29, 1.82) is 0 Å². The SMILES string of the molecule is C=O.O=C1OC(=O)c2ccccc21. The third-order valence-corrected chi connectivity index (χ3v) is 1.55. The van der Waals surface area contributed by atoms with Crippen LogP contribution >= 0.6 is 0 Å². The molecule has 0 atom stereocenters. The molecule has 0 bridgehead atoms. The lowest BCUT2D eigenvalue weighted by molar-refractivity contribution is -0.0980. The number of fused-ring (bicyclic) bond motifs is 1. The van der Waals surface area contributed by atoms with Crippen LogP contribution < -0.4 is 0 Å². The Morgan fingerprint density at radius 1 is 0.923 bits per heavy atom. The first-order chi connectivity index (χ1) is 6.29. The highest BCUT2D eigenvalue weighted by Gasteiger charge is 2.28. The van der Waals surface area contributed by atoms with Crippen molar-refractivity contribution in [2.24, 2.45) is 0 Å². The van der Waals surface area contributed by atoms with Gasteiger partial charge >= 0.3 is 11.9 Å². The molecule has 0 N–H and O–H groups in total. The predicted molar refractivity (Wildman–Crippen MR) is 43.3 cm³/mol. The van der Waals surface area contributed by atoms with E-state index in [1.165, 1.54) is 0 Å². The molecule has 13 heavy (non-hydrogen) atoms. The summed E-state index contributed by atoms with van der Waals surface area (Å²) in [7, 11) is 0. The smallest absolute Gasteiger partial charge is 0.346 e. The highest BCUT2D eigenvalue weighted by Crippen LogP contribution is 2.18. The number of cyclic esters (lactones) is 2. The molecule has 1 heterocycles. The van der Waals surface area contributed by atoms with Crippen LogP contribution in [0.1, 0.15) is 20.7 Å². The summed E-state index contributed by atoms with van der Waals surface area (Å²) >= 11 is 0. The Kier molecular flexibility index (Phi) is 2.54. The van der Waals surface area contributed by atoms with E-state index in [0.717, 1.165) is 0 Å². The number of hydrogen-bond donors (Lipinski definition) is 0. The van der Waals surface area contributed by atoms with Crippen LogP contribution in [0.15, 0.2) is 24.3 Å². The molecule has 0 fully saturated rings. The molecule has 1 aliphatic heterocycles. The summed E-state index contributed by atoms with van der Waals surface area (Å²) in [5.41, 5.74) is 0.718. The molecule has 1 aromatic rings. The molecule has 1 aromatic carbocycles. The summed E-state index contributed by atoms with van der Waals surface area (Å²) < 4.78 is 4.35. The Morgan fingerprint density at radius 3 is 1.69 bits per heavy atom. The van der Waals surface area contributed by atoms with Crippen molar-refractivity contribution >= 4 is 18.7 Å². The van der Waals surface area contributed by atoms with Crippen LogP contribution in [0, 0.1) is 0 Å². The number of carbonyl (C=O) groups is 3. The molecule has 66 valence electrons. The maximum Gasteiger partial charge on any atom is 0.346 e. The number of benzene rings is 1. The van der Waals surface area contributed by atoms with Crippen LogP contribution in [0.3, 0.4) is 0 Å². The first kappa shape index (κ1) is 9.12. The minimum Gasteiger partial charge on any atom is -0.386 e. The second kappa shape index (κ2) is 3.62. The molecular weight excluding hydrogens is 172 g/mol. The van der Waals surface area contributed by atoms with Crippen LogP contribution in [-0.2, 0) is 9.53 Å². The molecule has 0 spiro atoms. The van der Waals surface area contributed by atoms with Gasteiger partial charge in [-0.2, -0.15) is 0 Å². The molecule has 0 unspecified atom stereocenters. The monoisotopic (exact) mass is 178 g/mol. The molecule has 4 heteroatoms. The Morgan fingerprint density at radius 2 is 1.31 bits per heavy atom. The zero-order valence-corrected chi connectivity index (χ0v) is 6.65. The van der Waals surface area contributed by atoms with Gasteiger partial charge in [-0.25, -0.2) is 9.59 Å². The lowest BCUT2D eigenvalue weighted by Crippen LogP contribution is -1.96. The van der Waals surface area contributed by atoms with Crippen LogP contribution in [0.2, 0.25) is 0 Å². The van der Waals surface area contributed by atoms with Crippen LogP contribution in [0.25, 0.3) is 0 Å². The summed E-state index contributed by atoms with van der Waals surface area (Å²) in [6.45, 7) is 2.00. The second-order valence-corrected chi connectivity index (χ2v) is 2.22. The summed E-state index contributed by atoms with van der Waals surface area (Å²) in [6, 6.07) is 6.53. The largest absolute Gasteiger partial charge is 0.386 e.